The Morgan fingerprint density at radius 1 is 0.763 bits per heavy atom. The van der Waals surface area contributed by atoms with E-state index in [1.54, 1.807) is 30.3 Å². The van der Waals surface area contributed by atoms with Crippen LogP contribution in [-0.4, -0.2) is 16.9 Å². The molecule has 0 aliphatic carbocycles. The van der Waals surface area contributed by atoms with Gasteiger partial charge in [-0.3, -0.25) is 9.59 Å². The summed E-state index contributed by atoms with van der Waals surface area (Å²) in [5.74, 6) is -2.07. The first-order valence-corrected chi connectivity index (χ1v) is 13.0. The smallest absolute Gasteiger partial charge is 0.303 e. The Balaban J connectivity index is 1.50. The zero-order valence-electron chi connectivity index (χ0n) is 20.1. The minimum atomic E-state index is -0.988. The number of carboxylic acids is 1. The van der Waals surface area contributed by atoms with Crippen LogP contribution in [0.15, 0.2) is 78.9 Å². The van der Waals surface area contributed by atoms with Crippen molar-refractivity contribution in [1.29, 1.82) is 0 Å². The minimum Gasteiger partial charge on any atom is -0.481 e. The van der Waals surface area contributed by atoms with Gasteiger partial charge in [-0.25, -0.2) is 4.39 Å². The third-order valence-electron chi connectivity index (χ3n) is 6.06. The van der Waals surface area contributed by atoms with Crippen molar-refractivity contribution in [1.82, 2.24) is 0 Å². The standard InChI is InChI=1S/C30H23Cl3FNO3/c31-21-8-4-20(17-35-23-10-5-18(6-11-23)24-13-9-22(32)16-27(24)33)26(15-21)19-7-12-25(28(34)14-19)29(36)2-1-3-30(37)38/h4-16,35H,1-3,17H2,(H,37,38). The zero-order valence-corrected chi connectivity index (χ0v) is 22.4. The number of carbonyl (C=O) groups is 2. The summed E-state index contributed by atoms with van der Waals surface area (Å²) in [4.78, 5) is 23.0. The summed E-state index contributed by atoms with van der Waals surface area (Å²) in [6.45, 7) is 0.449. The number of hydrogen-bond donors (Lipinski definition) is 2. The molecule has 0 fully saturated rings. The molecule has 4 aromatic carbocycles. The third-order valence-corrected chi connectivity index (χ3v) is 6.84. The highest BCUT2D eigenvalue weighted by atomic mass is 35.5. The van der Waals surface area contributed by atoms with Crippen molar-refractivity contribution in [2.24, 2.45) is 0 Å². The van der Waals surface area contributed by atoms with Crippen molar-refractivity contribution in [3.05, 3.63) is 111 Å². The zero-order chi connectivity index (χ0) is 27.2. The highest BCUT2D eigenvalue weighted by Crippen LogP contribution is 2.32. The predicted octanol–water partition coefficient (Wildman–Crippen LogP) is 9.17. The van der Waals surface area contributed by atoms with Crippen molar-refractivity contribution >= 4 is 52.2 Å². The fourth-order valence-electron chi connectivity index (χ4n) is 4.10. The summed E-state index contributed by atoms with van der Waals surface area (Å²) in [6.07, 6.45) is -0.00693. The maximum absolute atomic E-state index is 14.9. The third kappa shape index (κ3) is 6.93. The summed E-state index contributed by atoms with van der Waals surface area (Å²) < 4.78 is 14.9. The van der Waals surface area contributed by atoms with Crippen LogP contribution in [0.3, 0.4) is 0 Å². The molecule has 0 amide bonds. The maximum atomic E-state index is 14.9. The Hall–Kier alpha value is -3.38. The predicted molar refractivity (Wildman–Crippen MR) is 152 cm³/mol. The molecule has 194 valence electrons. The van der Waals surface area contributed by atoms with Gasteiger partial charge in [-0.1, -0.05) is 65.1 Å². The van der Waals surface area contributed by atoms with Gasteiger partial charge >= 0.3 is 5.97 Å². The molecule has 4 aromatic rings. The Kier molecular flexibility index (Phi) is 9.05. The number of benzene rings is 4. The first kappa shape index (κ1) is 27.6. The number of ketones is 1. The molecular formula is C30H23Cl3FNO3. The number of hydrogen-bond acceptors (Lipinski definition) is 3. The van der Waals surface area contributed by atoms with Gasteiger partial charge in [0.2, 0.25) is 0 Å². The van der Waals surface area contributed by atoms with Crippen molar-refractivity contribution < 1.29 is 19.1 Å². The van der Waals surface area contributed by atoms with E-state index in [4.69, 9.17) is 39.9 Å². The first-order chi connectivity index (χ1) is 18.2. The largest absolute Gasteiger partial charge is 0.481 e. The summed E-state index contributed by atoms with van der Waals surface area (Å²) in [6, 6.07) is 23.0. The van der Waals surface area contributed by atoms with E-state index in [0.29, 0.717) is 27.2 Å². The molecule has 0 spiro atoms. The van der Waals surface area contributed by atoms with E-state index in [1.807, 2.05) is 36.4 Å². The molecule has 0 unspecified atom stereocenters. The molecule has 8 heteroatoms. The van der Waals surface area contributed by atoms with Gasteiger partial charge < -0.3 is 10.4 Å². The molecule has 0 saturated heterocycles. The van der Waals surface area contributed by atoms with Crippen LogP contribution in [0.25, 0.3) is 22.3 Å². The average molecular weight is 571 g/mol. The molecule has 0 aromatic heterocycles. The summed E-state index contributed by atoms with van der Waals surface area (Å²) in [5.41, 5.74) is 4.87. The maximum Gasteiger partial charge on any atom is 0.303 e. The lowest BCUT2D eigenvalue weighted by molar-refractivity contribution is -0.137. The van der Waals surface area contributed by atoms with Crippen molar-refractivity contribution in [2.45, 2.75) is 25.8 Å². The highest BCUT2D eigenvalue weighted by molar-refractivity contribution is 6.36. The molecule has 4 nitrogen and oxygen atoms in total. The van der Waals surface area contributed by atoms with E-state index < -0.39 is 17.6 Å². The van der Waals surface area contributed by atoms with Gasteiger partial charge in [0.15, 0.2) is 5.78 Å². The molecule has 2 N–H and O–H groups in total. The van der Waals surface area contributed by atoms with Crippen LogP contribution < -0.4 is 5.32 Å². The summed E-state index contributed by atoms with van der Waals surface area (Å²) in [5, 5.41) is 13.8. The van der Waals surface area contributed by atoms with Crippen LogP contribution in [0.5, 0.6) is 0 Å². The van der Waals surface area contributed by atoms with Gasteiger partial charge in [0.25, 0.3) is 0 Å². The van der Waals surface area contributed by atoms with Crippen molar-refractivity contribution in [3.8, 4) is 22.3 Å². The van der Waals surface area contributed by atoms with Gasteiger partial charge in [0.1, 0.15) is 5.82 Å². The van der Waals surface area contributed by atoms with Crippen LogP contribution in [0, 0.1) is 5.82 Å². The lowest BCUT2D eigenvalue weighted by Gasteiger charge is -2.14. The number of nitrogens with one attached hydrogen (secondary N) is 1. The van der Waals surface area contributed by atoms with Crippen molar-refractivity contribution in [3.63, 3.8) is 0 Å². The van der Waals surface area contributed by atoms with E-state index in [2.05, 4.69) is 5.32 Å². The van der Waals surface area contributed by atoms with Gasteiger partial charge in [0.05, 0.1) is 5.56 Å². The average Bonchev–Trinajstić information content (AvgIpc) is 2.88. The quantitative estimate of drug-likeness (QED) is 0.187. The molecule has 0 heterocycles. The summed E-state index contributed by atoms with van der Waals surface area (Å²) >= 11 is 18.6. The molecule has 0 aliphatic heterocycles. The van der Waals surface area contributed by atoms with Crippen LogP contribution >= 0.6 is 34.8 Å². The van der Waals surface area contributed by atoms with Crippen LogP contribution in [0.4, 0.5) is 10.1 Å². The molecule has 0 saturated carbocycles. The minimum absolute atomic E-state index is 0.0298. The van der Waals surface area contributed by atoms with Crippen molar-refractivity contribution in [2.75, 3.05) is 5.32 Å². The lowest BCUT2D eigenvalue weighted by Crippen LogP contribution is -2.05. The number of rotatable bonds is 10. The topological polar surface area (TPSA) is 66.4 Å². The van der Waals surface area contributed by atoms with Crippen LogP contribution in [-0.2, 0) is 11.3 Å². The Morgan fingerprint density at radius 2 is 1.45 bits per heavy atom. The van der Waals surface area contributed by atoms with E-state index in [-0.39, 0.29) is 24.8 Å². The Bertz CT molecular complexity index is 1490. The highest BCUT2D eigenvalue weighted by Gasteiger charge is 2.15. The second-order valence-corrected chi connectivity index (χ2v) is 10.0. The number of Topliss-reactive ketones (excluding diaryl/α,β-unsaturated/α-hetero) is 1. The molecule has 38 heavy (non-hydrogen) atoms. The number of carbonyl (C=O) groups excluding carboxylic acids is 1. The second-order valence-electron chi connectivity index (χ2n) is 8.72. The molecular weight excluding hydrogens is 548 g/mol. The Morgan fingerprint density at radius 3 is 2.13 bits per heavy atom. The normalized spacial score (nSPS) is 10.8. The number of carboxylic acid groups (broad SMARTS) is 1. The lowest BCUT2D eigenvalue weighted by atomic mass is 9.96. The molecule has 0 radical (unpaired) electrons. The van der Waals surface area contributed by atoms with Crippen LogP contribution in [0.1, 0.15) is 35.2 Å². The van der Waals surface area contributed by atoms with E-state index in [1.165, 1.54) is 12.1 Å². The molecule has 4 rings (SSSR count). The van der Waals surface area contributed by atoms with E-state index in [9.17, 15) is 14.0 Å². The molecule has 0 bridgehead atoms. The monoisotopic (exact) mass is 569 g/mol. The van der Waals surface area contributed by atoms with Gasteiger partial charge in [-0.05, 0) is 77.2 Å². The van der Waals surface area contributed by atoms with Gasteiger partial charge in [-0.2, -0.15) is 0 Å². The van der Waals surface area contributed by atoms with Gasteiger partial charge in [0, 0.05) is 45.7 Å². The fourth-order valence-corrected chi connectivity index (χ4v) is 4.79. The van der Waals surface area contributed by atoms with E-state index >= 15 is 0 Å². The SMILES string of the molecule is O=C(O)CCCC(=O)c1ccc(-c2cc(Cl)ccc2CNc2ccc(-c3ccc(Cl)cc3Cl)cc2)cc1F. The van der Waals surface area contributed by atoms with E-state index in [0.717, 1.165) is 27.9 Å². The second kappa shape index (κ2) is 12.4. The summed E-state index contributed by atoms with van der Waals surface area (Å²) in [7, 11) is 0. The van der Waals surface area contributed by atoms with Crippen LogP contribution in [0.2, 0.25) is 15.1 Å². The number of halogens is 4. The first-order valence-electron chi connectivity index (χ1n) is 11.8. The Labute approximate surface area is 235 Å². The van der Waals surface area contributed by atoms with Gasteiger partial charge in [-0.15, -0.1) is 0 Å². The fraction of sp³-hybridized carbons (Fsp3) is 0.133. The number of aliphatic carboxylic acids is 1. The molecule has 0 atom stereocenters. The number of anilines is 1. The molecule has 0 aliphatic rings.